The number of amides is 2. The number of piperidine rings is 1. The average Bonchev–Trinajstić information content (AvgIpc) is 3.18. The van der Waals surface area contributed by atoms with Crippen LogP contribution in [0.4, 0.5) is 4.79 Å². The van der Waals surface area contributed by atoms with Crippen LogP contribution in [-0.2, 0) is 4.79 Å². The number of carbonyl (C=O) groups is 2. The Hall–Kier alpha value is -1.30. The molecule has 0 aromatic rings. The van der Waals surface area contributed by atoms with Crippen molar-refractivity contribution in [2.45, 2.75) is 50.6 Å². The third-order valence-corrected chi connectivity index (χ3v) is 5.16. The minimum absolute atomic E-state index is 0.183. The molecular weight excluding hydrogens is 270 g/mol. The van der Waals surface area contributed by atoms with E-state index in [-0.39, 0.29) is 12.1 Å². The third kappa shape index (κ3) is 3.00. The number of aliphatic carboxylic acids is 1. The fraction of sp³-hybridized carbons (Fsp3) is 0.867. The summed E-state index contributed by atoms with van der Waals surface area (Å²) in [5.74, 6) is -0.692. The molecule has 0 aromatic heterocycles. The van der Waals surface area contributed by atoms with E-state index in [0.717, 1.165) is 71.2 Å². The summed E-state index contributed by atoms with van der Waals surface area (Å²) < 4.78 is 0. The highest BCUT2D eigenvalue weighted by Crippen LogP contribution is 2.26. The lowest BCUT2D eigenvalue weighted by Crippen LogP contribution is -2.52. The number of likely N-dealkylation sites (tertiary alicyclic amines) is 3. The Bertz CT molecular complexity index is 401. The van der Waals surface area contributed by atoms with E-state index in [1.165, 1.54) is 0 Å². The molecule has 2 amide bonds. The first kappa shape index (κ1) is 14.6. The van der Waals surface area contributed by atoms with Crippen LogP contribution >= 0.6 is 0 Å². The monoisotopic (exact) mass is 295 g/mol. The first-order valence-electron chi connectivity index (χ1n) is 8.19. The number of carboxylic acids is 1. The Labute approximate surface area is 125 Å². The first-order chi connectivity index (χ1) is 10.2. The molecule has 3 rings (SSSR count). The minimum atomic E-state index is -0.692. The molecule has 3 aliphatic rings. The highest BCUT2D eigenvalue weighted by molar-refractivity contribution is 5.75. The Kier molecular flexibility index (Phi) is 4.33. The summed E-state index contributed by atoms with van der Waals surface area (Å²) in [6.45, 7) is 4.21. The van der Waals surface area contributed by atoms with E-state index < -0.39 is 5.97 Å². The van der Waals surface area contributed by atoms with Crippen molar-refractivity contribution in [3.05, 3.63) is 0 Å². The van der Waals surface area contributed by atoms with Gasteiger partial charge in [-0.15, -0.1) is 0 Å². The molecule has 3 aliphatic heterocycles. The van der Waals surface area contributed by atoms with Gasteiger partial charge in [0.1, 0.15) is 6.04 Å². The van der Waals surface area contributed by atoms with Gasteiger partial charge in [-0.05, 0) is 45.1 Å². The highest BCUT2D eigenvalue weighted by atomic mass is 16.4. The molecule has 3 saturated heterocycles. The summed E-state index contributed by atoms with van der Waals surface area (Å²) in [6.07, 6.45) is 5.80. The minimum Gasteiger partial charge on any atom is -0.480 e. The lowest BCUT2D eigenvalue weighted by atomic mass is 10.0. The third-order valence-electron chi connectivity index (χ3n) is 5.16. The molecule has 1 atom stereocenters. The van der Waals surface area contributed by atoms with Crippen molar-refractivity contribution < 1.29 is 14.7 Å². The molecule has 0 saturated carbocycles. The number of hydrogen-bond acceptors (Lipinski definition) is 3. The zero-order valence-corrected chi connectivity index (χ0v) is 12.5. The first-order valence-corrected chi connectivity index (χ1v) is 8.19. The number of urea groups is 1. The van der Waals surface area contributed by atoms with Crippen molar-refractivity contribution in [2.24, 2.45) is 0 Å². The number of hydrogen-bond donors (Lipinski definition) is 1. The molecule has 0 aromatic carbocycles. The molecule has 0 aliphatic carbocycles. The van der Waals surface area contributed by atoms with Gasteiger partial charge in [-0.3, -0.25) is 9.69 Å². The molecule has 21 heavy (non-hydrogen) atoms. The van der Waals surface area contributed by atoms with Crippen LogP contribution in [0.3, 0.4) is 0 Å². The quantitative estimate of drug-likeness (QED) is 0.832. The standard InChI is InChI=1S/C15H25N3O3/c19-14(20)13-4-3-9-18(13)12-5-10-17(11-6-12)15(21)16-7-1-2-8-16/h12-13H,1-11H2,(H,19,20). The zero-order valence-electron chi connectivity index (χ0n) is 12.5. The maximum absolute atomic E-state index is 12.3. The lowest BCUT2D eigenvalue weighted by molar-refractivity contribution is -0.143. The van der Waals surface area contributed by atoms with Gasteiger partial charge in [-0.1, -0.05) is 0 Å². The average molecular weight is 295 g/mol. The Morgan fingerprint density at radius 1 is 0.810 bits per heavy atom. The molecule has 0 spiro atoms. The molecule has 118 valence electrons. The summed E-state index contributed by atoms with van der Waals surface area (Å²) in [7, 11) is 0. The van der Waals surface area contributed by atoms with Crippen molar-refractivity contribution in [3.63, 3.8) is 0 Å². The molecule has 0 bridgehead atoms. The fourth-order valence-electron chi connectivity index (χ4n) is 3.99. The second-order valence-corrected chi connectivity index (χ2v) is 6.43. The van der Waals surface area contributed by atoms with Crippen LogP contribution in [-0.4, -0.2) is 76.6 Å². The van der Waals surface area contributed by atoms with Crippen LogP contribution in [0.2, 0.25) is 0 Å². The molecule has 6 heteroatoms. The molecule has 1 N–H and O–H groups in total. The predicted molar refractivity (Wildman–Crippen MR) is 78.2 cm³/mol. The molecule has 1 unspecified atom stereocenters. The molecule has 3 fully saturated rings. The van der Waals surface area contributed by atoms with Gasteiger partial charge in [0.15, 0.2) is 0 Å². The van der Waals surface area contributed by atoms with Crippen LogP contribution in [0.5, 0.6) is 0 Å². The number of rotatable bonds is 2. The zero-order chi connectivity index (χ0) is 14.8. The fourth-order valence-corrected chi connectivity index (χ4v) is 3.99. The van der Waals surface area contributed by atoms with Gasteiger partial charge in [-0.25, -0.2) is 4.79 Å². The van der Waals surface area contributed by atoms with E-state index >= 15 is 0 Å². The molecule has 6 nitrogen and oxygen atoms in total. The largest absolute Gasteiger partial charge is 0.480 e. The van der Waals surface area contributed by atoms with Gasteiger partial charge in [0.25, 0.3) is 0 Å². The van der Waals surface area contributed by atoms with Crippen LogP contribution in [0.25, 0.3) is 0 Å². The second kappa shape index (κ2) is 6.22. The van der Waals surface area contributed by atoms with E-state index in [2.05, 4.69) is 4.90 Å². The highest BCUT2D eigenvalue weighted by Gasteiger charge is 2.37. The normalized spacial score (nSPS) is 28.3. The van der Waals surface area contributed by atoms with Gasteiger partial charge in [0, 0.05) is 32.2 Å². The molecule has 0 radical (unpaired) electrons. The van der Waals surface area contributed by atoms with Crippen LogP contribution in [0, 0.1) is 0 Å². The summed E-state index contributed by atoms with van der Waals surface area (Å²) in [6, 6.07) is 0.203. The van der Waals surface area contributed by atoms with Gasteiger partial charge in [0.05, 0.1) is 0 Å². The summed E-state index contributed by atoms with van der Waals surface area (Å²) >= 11 is 0. The summed E-state index contributed by atoms with van der Waals surface area (Å²) in [4.78, 5) is 29.7. The topological polar surface area (TPSA) is 64.1 Å². The van der Waals surface area contributed by atoms with Crippen molar-refractivity contribution in [2.75, 3.05) is 32.7 Å². The van der Waals surface area contributed by atoms with E-state index in [1.807, 2.05) is 9.80 Å². The van der Waals surface area contributed by atoms with E-state index in [0.29, 0.717) is 6.04 Å². The number of carboxylic acid groups (broad SMARTS) is 1. The second-order valence-electron chi connectivity index (χ2n) is 6.43. The number of nitrogens with zero attached hydrogens (tertiary/aromatic N) is 3. The predicted octanol–water partition coefficient (Wildman–Crippen LogP) is 1.22. The van der Waals surface area contributed by atoms with Crippen LogP contribution < -0.4 is 0 Å². The molecule has 3 heterocycles. The Balaban J connectivity index is 1.52. The van der Waals surface area contributed by atoms with E-state index in [9.17, 15) is 14.7 Å². The lowest BCUT2D eigenvalue weighted by Gasteiger charge is -2.39. The summed E-state index contributed by atoms with van der Waals surface area (Å²) in [5.41, 5.74) is 0. The van der Waals surface area contributed by atoms with E-state index in [4.69, 9.17) is 0 Å². The maximum atomic E-state index is 12.3. The van der Waals surface area contributed by atoms with Crippen molar-refractivity contribution in [3.8, 4) is 0 Å². The van der Waals surface area contributed by atoms with Crippen molar-refractivity contribution >= 4 is 12.0 Å². The summed E-state index contributed by atoms with van der Waals surface area (Å²) in [5, 5.41) is 9.29. The maximum Gasteiger partial charge on any atom is 0.320 e. The molecular formula is C15H25N3O3. The SMILES string of the molecule is O=C(O)C1CCCN1C1CCN(C(=O)N2CCCC2)CC1. The smallest absolute Gasteiger partial charge is 0.320 e. The van der Waals surface area contributed by atoms with Crippen LogP contribution in [0.1, 0.15) is 38.5 Å². The van der Waals surface area contributed by atoms with Crippen molar-refractivity contribution in [1.29, 1.82) is 0 Å². The van der Waals surface area contributed by atoms with Gasteiger partial charge >= 0.3 is 12.0 Å². The van der Waals surface area contributed by atoms with Crippen LogP contribution in [0.15, 0.2) is 0 Å². The van der Waals surface area contributed by atoms with E-state index in [1.54, 1.807) is 0 Å². The van der Waals surface area contributed by atoms with Gasteiger partial charge in [0.2, 0.25) is 0 Å². The Morgan fingerprint density at radius 3 is 2.05 bits per heavy atom. The Morgan fingerprint density at radius 2 is 1.43 bits per heavy atom. The van der Waals surface area contributed by atoms with Gasteiger partial charge < -0.3 is 14.9 Å². The van der Waals surface area contributed by atoms with Gasteiger partial charge in [-0.2, -0.15) is 0 Å². The van der Waals surface area contributed by atoms with Crippen molar-refractivity contribution in [1.82, 2.24) is 14.7 Å². The number of carbonyl (C=O) groups excluding carboxylic acids is 1.